The molecule has 0 amide bonds. The van der Waals surface area contributed by atoms with E-state index in [0.717, 1.165) is 0 Å². The molecular formula is C51H101N2+. The van der Waals surface area contributed by atoms with Crippen molar-refractivity contribution in [2.75, 3.05) is 0 Å². The van der Waals surface area contributed by atoms with Crippen molar-refractivity contribution in [3.63, 3.8) is 0 Å². The van der Waals surface area contributed by atoms with E-state index in [-0.39, 0.29) is 0 Å². The molecule has 0 bridgehead atoms. The van der Waals surface area contributed by atoms with Gasteiger partial charge in [-0.15, -0.1) is 0 Å². The van der Waals surface area contributed by atoms with Crippen LogP contribution in [0.4, 0.5) is 0 Å². The summed E-state index contributed by atoms with van der Waals surface area (Å²) in [5, 5.41) is 0. The van der Waals surface area contributed by atoms with E-state index in [4.69, 9.17) is 0 Å². The van der Waals surface area contributed by atoms with E-state index < -0.39 is 0 Å². The molecule has 53 heavy (non-hydrogen) atoms. The summed E-state index contributed by atoms with van der Waals surface area (Å²) in [7, 11) is 0. The van der Waals surface area contributed by atoms with Crippen molar-refractivity contribution in [3.8, 4) is 0 Å². The Morgan fingerprint density at radius 2 is 0.585 bits per heavy atom. The van der Waals surface area contributed by atoms with E-state index in [0.29, 0.717) is 0 Å². The largest absolute Gasteiger partial charge is 0.256 e. The molecule has 0 unspecified atom stereocenters. The lowest BCUT2D eigenvalue weighted by atomic mass is 10.0. The highest BCUT2D eigenvalue weighted by Gasteiger charge is 2.16. The second-order valence-corrected chi connectivity index (χ2v) is 17.6. The Kier molecular flexibility index (Phi) is 40.1. The van der Waals surface area contributed by atoms with Gasteiger partial charge in [0.05, 0.1) is 13.1 Å². The third-order valence-corrected chi connectivity index (χ3v) is 12.3. The third kappa shape index (κ3) is 34.2. The second kappa shape index (κ2) is 42.4. The summed E-state index contributed by atoms with van der Waals surface area (Å²) in [6, 6.07) is 0. The number of rotatable bonds is 45. The van der Waals surface area contributed by atoms with E-state index in [1.807, 2.05) is 0 Å². The molecule has 0 aliphatic heterocycles. The molecule has 0 fully saturated rings. The average molecular weight is 742 g/mol. The highest BCUT2D eigenvalue weighted by Crippen LogP contribution is 2.17. The van der Waals surface area contributed by atoms with Crippen LogP contribution in [0.25, 0.3) is 0 Å². The summed E-state index contributed by atoms with van der Waals surface area (Å²) in [5.41, 5.74) is 0. The van der Waals surface area contributed by atoms with Crippen LogP contribution in [0.5, 0.6) is 0 Å². The number of aromatic nitrogens is 2. The first kappa shape index (κ1) is 50.2. The van der Waals surface area contributed by atoms with Crippen molar-refractivity contribution in [3.05, 3.63) is 18.2 Å². The van der Waals surface area contributed by atoms with E-state index in [1.54, 1.807) is 5.82 Å². The molecule has 1 aromatic heterocycles. The van der Waals surface area contributed by atoms with Crippen molar-refractivity contribution in [2.45, 2.75) is 310 Å². The molecule has 0 saturated heterocycles. The predicted octanol–water partition coefficient (Wildman–Crippen LogP) is 17.8. The standard InChI is InChI=1S/C51H101N2/c1-4-7-10-13-16-19-22-24-26-27-28-30-33-36-39-42-45-48-53-50-49-52(47-44-41-38-35-32-21-18-15-12-9-6-3)51(53)46-43-40-37-34-31-29-25-23-20-17-14-11-8-5-2/h49-50H,4-48H2,1-3H3/q+1. The molecular weight excluding hydrogens is 641 g/mol. The van der Waals surface area contributed by atoms with Crippen LogP contribution < -0.4 is 4.57 Å². The Labute approximate surface area is 336 Å². The maximum absolute atomic E-state index is 2.66. The monoisotopic (exact) mass is 742 g/mol. The second-order valence-electron chi connectivity index (χ2n) is 17.6. The molecule has 314 valence electrons. The number of nitrogens with zero attached hydrogens (tertiary/aromatic N) is 2. The molecule has 1 heterocycles. The van der Waals surface area contributed by atoms with Crippen LogP contribution in [-0.2, 0) is 19.5 Å². The summed E-state index contributed by atoms with van der Waals surface area (Å²) >= 11 is 0. The van der Waals surface area contributed by atoms with Gasteiger partial charge in [0.2, 0.25) is 0 Å². The molecule has 0 spiro atoms. The van der Waals surface area contributed by atoms with E-state index in [9.17, 15) is 0 Å². The molecule has 0 atom stereocenters. The van der Waals surface area contributed by atoms with Gasteiger partial charge in [0.1, 0.15) is 12.4 Å². The van der Waals surface area contributed by atoms with Gasteiger partial charge in [-0.25, -0.2) is 9.13 Å². The summed E-state index contributed by atoms with van der Waals surface area (Å²) < 4.78 is 5.32. The molecule has 2 nitrogen and oxygen atoms in total. The number of imidazole rings is 1. The Hall–Kier alpha value is -0.790. The SMILES string of the molecule is CCCCCCCCCCCCCCCCCCCn1cc[n+](CCCCCCCCCCCCC)c1CCCCCCCCCCCCCCCC. The molecule has 1 rings (SSSR count). The highest BCUT2D eigenvalue weighted by atomic mass is 15.1. The van der Waals surface area contributed by atoms with Gasteiger partial charge >= 0.3 is 0 Å². The fraction of sp³-hybridized carbons (Fsp3) is 0.941. The molecule has 0 aliphatic carbocycles. The normalized spacial score (nSPS) is 11.7. The fourth-order valence-electron chi connectivity index (χ4n) is 8.62. The van der Waals surface area contributed by atoms with Gasteiger partial charge in [-0.2, -0.15) is 0 Å². The van der Waals surface area contributed by atoms with Crippen molar-refractivity contribution in [1.82, 2.24) is 4.57 Å². The van der Waals surface area contributed by atoms with Crippen molar-refractivity contribution >= 4 is 0 Å². The maximum Gasteiger partial charge on any atom is 0.256 e. The number of unbranched alkanes of at least 4 members (excludes halogenated alkanes) is 39. The van der Waals surface area contributed by atoms with Gasteiger partial charge in [-0.3, -0.25) is 0 Å². The molecule has 1 aromatic rings. The average Bonchev–Trinajstić information content (AvgIpc) is 3.55. The lowest BCUT2D eigenvalue weighted by Gasteiger charge is -2.07. The smallest absolute Gasteiger partial charge is 0.234 e. The number of hydrogen-bond acceptors (Lipinski definition) is 0. The van der Waals surface area contributed by atoms with Crippen LogP contribution in [0.15, 0.2) is 12.4 Å². The predicted molar refractivity (Wildman–Crippen MR) is 239 cm³/mol. The molecule has 2 heteroatoms. The Balaban J connectivity index is 2.24. The van der Waals surface area contributed by atoms with Crippen LogP contribution >= 0.6 is 0 Å². The van der Waals surface area contributed by atoms with Crippen LogP contribution in [-0.4, -0.2) is 4.57 Å². The first-order valence-electron chi connectivity index (χ1n) is 25.4. The summed E-state index contributed by atoms with van der Waals surface area (Å²) in [6.45, 7) is 9.42. The van der Waals surface area contributed by atoms with Crippen molar-refractivity contribution in [1.29, 1.82) is 0 Å². The van der Waals surface area contributed by atoms with Crippen LogP contribution in [0.2, 0.25) is 0 Å². The Morgan fingerprint density at radius 1 is 0.321 bits per heavy atom. The van der Waals surface area contributed by atoms with Crippen molar-refractivity contribution in [2.24, 2.45) is 0 Å². The Morgan fingerprint density at radius 3 is 0.906 bits per heavy atom. The molecule has 0 radical (unpaired) electrons. The minimum Gasteiger partial charge on any atom is -0.234 e. The van der Waals surface area contributed by atoms with E-state index >= 15 is 0 Å². The number of hydrogen-bond donors (Lipinski definition) is 0. The lowest BCUT2D eigenvalue weighted by molar-refractivity contribution is -0.704. The van der Waals surface area contributed by atoms with Gasteiger partial charge in [-0.05, 0) is 32.1 Å². The quantitative estimate of drug-likeness (QED) is 0.0465. The van der Waals surface area contributed by atoms with E-state index in [1.165, 1.54) is 289 Å². The highest BCUT2D eigenvalue weighted by molar-refractivity contribution is 4.84. The third-order valence-electron chi connectivity index (χ3n) is 12.3. The summed E-state index contributed by atoms with van der Waals surface area (Å²) in [5.74, 6) is 1.63. The van der Waals surface area contributed by atoms with Gasteiger partial charge in [0.15, 0.2) is 0 Å². The van der Waals surface area contributed by atoms with Crippen LogP contribution in [0.1, 0.15) is 296 Å². The lowest BCUT2D eigenvalue weighted by Crippen LogP contribution is -2.37. The topological polar surface area (TPSA) is 8.81 Å². The molecule has 0 N–H and O–H groups in total. The van der Waals surface area contributed by atoms with E-state index in [2.05, 4.69) is 42.3 Å². The van der Waals surface area contributed by atoms with Gasteiger partial charge in [-0.1, -0.05) is 258 Å². The van der Waals surface area contributed by atoms with Gasteiger partial charge in [0, 0.05) is 6.42 Å². The minimum absolute atomic E-state index is 1.23. The van der Waals surface area contributed by atoms with Gasteiger partial charge in [0.25, 0.3) is 5.82 Å². The zero-order valence-electron chi connectivity index (χ0n) is 37.4. The minimum atomic E-state index is 1.23. The van der Waals surface area contributed by atoms with Crippen LogP contribution in [0.3, 0.4) is 0 Å². The van der Waals surface area contributed by atoms with Crippen LogP contribution in [0, 0.1) is 0 Å². The first-order valence-corrected chi connectivity index (χ1v) is 25.4. The molecule has 0 aliphatic rings. The molecule has 0 saturated carbocycles. The van der Waals surface area contributed by atoms with Gasteiger partial charge < -0.3 is 0 Å². The Bertz CT molecular complexity index is 811. The molecule has 0 aromatic carbocycles. The zero-order chi connectivity index (χ0) is 38.0. The maximum atomic E-state index is 2.66. The summed E-state index contributed by atoms with van der Waals surface area (Å²) in [4.78, 5) is 0. The first-order chi connectivity index (χ1) is 26.3. The fourth-order valence-corrected chi connectivity index (χ4v) is 8.62. The number of aryl methyl sites for hydroxylation is 2. The zero-order valence-corrected chi connectivity index (χ0v) is 37.4. The summed E-state index contributed by atoms with van der Waals surface area (Å²) in [6.07, 6.45) is 66.8. The van der Waals surface area contributed by atoms with Crippen molar-refractivity contribution < 1.29 is 4.57 Å².